The van der Waals surface area contributed by atoms with E-state index in [1.54, 1.807) is 7.05 Å². The molecule has 5 heteroatoms. The molecule has 0 radical (unpaired) electrons. The van der Waals surface area contributed by atoms with E-state index in [1.165, 1.54) is 4.90 Å². The molecule has 0 aliphatic rings. The Morgan fingerprint density at radius 3 is 2.47 bits per heavy atom. The van der Waals surface area contributed by atoms with Crippen LogP contribution in [0, 0.1) is 17.6 Å². The minimum atomic E-state index is -1.28. The molecule has 0 aromatic carbocycles. The number of anilines is 1. The molecule has 84 valence electrons. The Morgan fingerprint density at radius 1 is 1.33 bits per heavy atom. The average Bonchev–Trinajstić information content (AvgIpc) is 2.21. The van der Waals surface area contributed by atoms with Crippen molar-refractivity contribution in [2.45, 2.75) is 26.3 Å². The highest BCUT2D eigenvalue weighted by Crippen LogP contribution is 2.20. The van der Waals surface area contributed by atoms with Crippen LogP contribution in [0.25, 0.3) is 0 Å². The van der Waals surface area contributed by atoms with E-state index in [0.29, 0.717) is 6.07 Å². The van der Waals surface area contributed by atoms with Crippen LogP contribution in [0.5, 0.6) is 0 Å². The van der Waals surface area contributed by atoms with Crippen LogP contribution < -0.4 is 4.90 Å². The van der Waals surface area contributed by atoms with Gasteiger partial charge in [-0.1, -0.05) is 6.92 Å². The lowest BCUT2D eigenvalue weighted by atomic mass is 10.2. The molecule has 0 aliphatic carbocycles. The van der Waals surface area contributed by atoms with Crippen molar-refractivity contribution in [3.8, 4) is 0 Å². The van der Waals surface area contributed by atoms with E-state index in [2.05, 4.69) is 4.98 Å². The van der Waals surface area contributed by atoms with Crippen molar-refractivity contribution in [3.63, 3.8) is 0 Å². The van der Waals surface area contributed by atoms with E-state index >= 15 is 0 Å². The summed E-state index contributed by atoms with van der Waals surface area (Å²) in [7, 11) is 1.59. The minimum Gasteiger partial charge on any atom is -0.354 e. The van der Waals surface area contributed by atoms with E-state index in [-0.39, 0.29) is 11.9 Å². The van der Waals surface area contributed by atoms with Crippen LogP contribution in [0.2, 0.25) is 0 Å². The lowest BCUT2D eigenvalue weighted by Crippen LogP contribution is -2.30. The maximum atomic E-state index is 13.3. The third kappa shape index (κ3) is 2.40. The highest BCUT2D eigenvalue weighted by Gasteiger charge is 2.17. The predicted octanol–water partition coefficient (Wildman–Crippen LogP) is 2.73. The van der Waals surface area contributed by atoms with Gasteiger partial charge in [-0.25, -0.2) is 8.78 Å². The molecule has 1 rings (SSSR count). The Labute approximate surface area is 86.7 Å². The van der Waals surface area contributed by atoms with Gasteiger partial charge < -0.3 is 4.90 Å². The van der Waals surface area contributed by atoms with Gasteiger partial charge in [0.15, 0.2) is 17.5 Å². The summed E-state index contributed by atoms with van der Waals surface area (Å²) in [6.45, 7) is 3.77. The Balaban J connectivity index is 3.09. The summed E-state index contributed by atoms with van der Waals surface area (Å²) in [5.41, 5.74) is 0. The molecule has 15 heavy (non-hydrogen) atoms. The summed E-state index contributed by atoms with van der Waals surface area (Å²) in [5.74, 6) is -3.56. The van der Waals surface area contributed by atoms with Crippen LogP contribution in [-0.4, -0.2) is 18.1 Å². The molecule has 0 saturated carbocycles. The summed E-state index contributed by atoms with van der Waals surface area (Å²) in [6, 6.07) is 0.521. The average molecular weight is 218 g/mol. The maximum Gasteiger partial charge on any atom is 0.251 e. The zero-order valence-electron chi connectivity index (χ0n) is 8.89. The van der Waals surface area contributed by atoms with Crippen molar-refractivity contribution in [2.24, 2.45) is 0 Å². The second-order valence-corrected chi connectivity index (χ2v) is 3.43. The minimum absolute atomic E-state index is 0.0110. The molecule has 1 atom stereocenters. The number of halogens is 3. The Kier molecular flexibility index (Phi) is 3.55. The van der Waals surface area contributed by atoms with Gasteiger partial charge in [0.25, 0.3) is 5.95 Å². The topological polar surface area (TPSA) is 16.1 Å². The largest absolute Gasteiger partial charge is 0.354 e. The first-order valence-electron chi connectivity index (χ1n) is 4.71. The quantitative estimate of drug-likeness (QED) is 0.725. The molecule has 0 spiro atoms. The molecule has 0 saturated heterocycles. The fourth-order valence-electron chi connectivity index (χ4n) is 1.17. The molecule has 1 heterocycles. The van der Waals surface area contributed by atoms with Crippen molar-refractivity contribution in [3.05, 3.63) is 23.6 Å². The lowest BCUT2D eigenvalue weighted by molar-refractivity contribution is 0.461. The molecule has 1 unspecified atom stereocenters. The van der Waals surface area contributed by atoms with E-state index < -0.39 is 17.6 Å². The van der Waals surface area contributed by atoms with Crippen LogP contribution in [-0.2, 0) is 0 Å². The van der Waals surface area contributed by atoms with E-state index in [0.717, 1.165) is 6.42 Å². The fraction of sp³-hybridized carbons (Fsp3) is 0.500. The van der Waals surface area contributed by atoms with Gasteiger partial charge in [-0.3, -0.25) is 0 Å². The van der Waals surface area contributed by atoms with E-state index in [4.69, 9.17) is 0 Å². The molecule has 0 aliphatic heterocycles. The normalized spacial score (nSPS) is 12.7. The molecular weight excluding hydrogens is 205 g/mol. The molecule has 1 aromatic heterocycles. The fourth-order valence-corrected chi connectivity index (χ4v) is 1.17. The van der Waals surface area contributed by atoms with E-state index in [9.17, 15) is 13.2 Å². The molecule has 2 nitrogen and oxygen atoms in total. The van der Waals surface area contributed by atoms with Crippen molar-refractivity contribution in [2.75, 3.05) is 11.9 Å². The summed E-state index contributed by atoms with van der Waals surface area (Å²) in [4.78, 5) is 4.73. The standard InChI is InChI=1S/C10H13F3N2/c1-4-6(2)15(3)10-8(12)5-7(11)9(13)14-10/h5-6H,4H2,1-3H3. The summed E-state index contributed by atoms with van der Waals surface area (Å²) in [6.07, 6.45) is 0.761. The van der Waals surface area contributed by atoms with Gasteiger partial charge in [0, 0.05) is 19.2 Å². The molecule has 0 bridgehead atoms. The smallest absolute Gasteiger partial charge is 0.251 e. The zero-order chi connectivity index (χ0) is 11.6. The molecule has 0 N–H and O–H groups in total. The first-order chi connectivity index (χ1) is 6.97. The monoisotopic (exact) mass is 218 g/mol. The van der Waals surface area contributed by atoms with Crippen LogP contribution in [0.4, 0.5) is 19.0 Å². The predicted molar refractivity (Wildman–Crippen MR) is 52.3 cm³/mol. The number of rotatable bonds is 3. The number of hydrogen-bond donors (Lipinski definition) is 0. The second-order valence-electron chi connectivity index (χ2n) is 3.43. The van der Waals surface area contributed by atoms with E-state index in [1.807, 2.05) is 13.8 Å². The number of nitrogens with zero attached hydrogens (tertiary/aromatic N) is 2. The number of hydrogen-bond acceptors (Lipinski definition) is 2. The highest BCUT2D eigenvalue weighted by atomic mass is 19.2. The van der Waals surface area contributed by atoms with Gasteiger partial charge in [-0.15, -0.1) is 0 Å². The van der Waals surface area contributed by atoms with Crippen LogP contribution in [0.3, 0.4) is 0 Å². The summed E-state index contributed by atoms with van der Waals surface area (Å²) < 4.78 is 38.7. The molecule has 0 amide bonds. The third-order valence-electron chi connectivity index (χ3n) is 2.45. The Bertz CT molecular complexity index is 355. The van der Waals surface area contributed by atoms with Crippen molar-refractivity contribution >= 4 is 5.82 Å². The Morgan fingerprint density at radius 2 is 1.93 bits per heavy atom. The summed E-state index contributed by atoms with van der Waals surface area (Å²) >= 11 is 0. The number of aromatic nitrogens is 1. The first kappa shape index (κ1) is 11.8. The second kappa shape index (κ2) is 4.51. The zero-order valence-corrected chi connectivity index (χ0v) is 8.89. The molecule has 0 fully saturated rings. The maximum absolute atomic E-state index is 13.3. The van der Waals surface area contributed by atoms with Crippen LogP contribution >= 0.6 is 0 Å². The highest BCUT2D eigenvalue weighted by molar-refractivity contribution is 5.40. The summed E-state index contributed by atoms with van der Waals surface area (Å²) in [5, 5.41) is 0. The molecular formula is C10H13F3N2. The van der Waals surface area contributed by atoms with Gasteiger partial charge in [0.2, 0.25) is 0 Å². The SMILES string of the molecule is CCC(C)N(C)c1nc(F)c(F)cc1F. The third-order valence-corrected chi connectivity index (χ3v) is 2.45. The van der Waals surface area contributed by atoms with Gasteiger partial charge in [0.05, 0.1) is 0 Å². The first-order valence-corrected chi connectivity index (χ1v) is 4.71. The Hall–Kier alpha value is -1.26. The van der Waals surface area contributed by atoms with Crippen molar-refractivity contribution in [1.82, 2.24) is 4.98 Å². The van der Waals surface area contributed by atoms with Crippen LogP contribution in [0.15, 0.2) is 6.07 Å². The van der Waals surface area contributed by atoms with Gasteiger partial charge in [-0.05, 0) is 13.3 Å². The van der Waals surface area contributed by atoms with Gasteiger partial charge in [0.1, 0.15) is 0 Å². The van der Waals surface area contributed by atoms with Crippen molar-refractivity contribution in [1.29, 1.82) is 0 Å². The molecule has 1 aromatic rings. The van der Waals surface area contributed by atoms with Gasteiger partial charge in [-0.2, -0.15) is 9.37 Å². The van der Waals surface area contributed by atoms with Crippen LogP contribution in [0.1, 0.15) is 20.3 Å². The van der Waals surface area contributed by atoms with Crippen molar-refractivity contribution < 1.29 is 13.2 Å². The number of pyridine rings is 1. The lowest BCUT2D eigenvalue weighted by Gasteiger charge is -2.25. The van der Waals surface area contributed by atoms with Gasteiger partial charge >= 0.3 is 0 Å².